The Kier molecular flexibility index (Phi) is 3.85. The van der Waals surface area contributed by atoms with E-state index in [1.807, 2.05) is 24.3 Å². The van der Waals surface area contributed by atoms with Crippen LogP contribution in [0.25, 0.3) is 10.8 Å². The maximum absolute atomic E-state index is 11.7. The fourth-order valence-electron chi connectivity index (χ4n) is 2.07. The molecule has 0 aliphatic carbocycles. The normalized spacial score (nSPS) is 10.2. The first kappa shape index (κ1) is 13.1. The Balaban J connectivity index is 2.74. The Morgan fingerprint density at radius 1 is 1.32 bits per heavy atom. The molecule has 0 radical (unpaired) electrons. The van der Waals surface area contributed by atoms with Crippen molar-refractivity contribution in [1.82, 2.24) is 0 Å². The molecule has 0 aliphatic heterocycles. The molecule has 2 aromatic carbocycles. The van der Waals surface area contributed by atoms with Gasteiger partial charge in [0.2, 0.25) is 0 Å². The Bertz CT molecular complexity index is 629. The van der Waals surface area contributed by atoms with Crippen molar-refractivity contribution in [2.75, 3.05) is 13.7 Å². The molecule has 3 heteroatoms. The van der Waals surface area contributed by atoms with Crippen LogP contribution in [0.3, 0.4) is 0 Å². The average Bonchev–Trinajstić information content (AvgIpc) is 2.43. The minimum Gasteiger partial charge on any atom is -0.495 e. The summed E-state index contributed by atoms with van der Waals surface area (Å²) in [6.45, 7) is 5.54. The van der Waals surface area contributed by atoms with Gasteiger partial charge in [0.15, 0.2) is 5.78 Å². The van der Waals surface area contributed by atoms with Gasteiger partial charge in [-0.25, -0.2) is 0 Å². The zero-order valence-electron chi connectivity index (χ0n) is 11.1. The summed E-state index contributed by atoms with van der Waals surface area (Å²) in [4.78, 5) is 11.7. The Hall–Kier alpha value is -2.29. The van der Waals surface area contributed by atoms with E-state index in [9.17, 15) is 4.79 Å². The van der Waals surface area contributed by atoms with Crippen LogP contribution < -0.4 is 9.47 Å². The van der Waals surface area contributed by atoms with Gasteiger partial charge >= 0.3 is 0 Å². The number of carbonyl (C=O) groups is 1. The zero-order valence-corrected chi connectivity index (χ0v) is 11.1. The number of rotatable bonds is 5. The maximum atomic E-state index is 11.7. The van der Waals surface area contributed by atoms with E-state index >= 15 is 0 Å². The van der Waals surface area contributed by atoms with E-state index in [1.165, 1.54) is 6.92 Å². The minimum atomic E-state index is -0.0499. The van der Waals surface area contributed by atoms with Crippen LogP contribution in [-0.4, -0.2) is 19.5 Å². The van der Waals surface area contributed by atoms with Crippen LogP contribution in [0.15, 0.2) is 43.0 Å². The summed E-state index contributed by atoms with van der Waals surface area (Å²) < 4.78 is 11.0. The molecule has 3 nitrogen and oxygen atoms in total. The van der Waals surface area contributed by atoms with Gasteiger partial charge in [-0.15, -0.1) is 0 Å². The van der Waals surface area contributed by atoms with Gasteiger partial charge in [-0.3, -0.25) is 4.79 Å². The fourth-order valence-corrected chi connectivity index (χ4v) is 2.07. The van der Waals surface area contributed by atoms with Crippen molar-refractivity contribution in [3.8, 4) is 11.5 Å². The molecule has 0 saturated carbocycles. The number of hydrogen-bond acceptors (Lipinski definition) is 3. The summed E-state index contributed by atoms with van der Waals surface area (Å²) >= 11 is 0. The van der Waals surface area contributed by atoms with Crippen LogP contribution in [0.1, 0.15) is 17.3 Å². The standard InChI is InChI=1S/C16H16O3/c1-4-9-19-15-10-14(11(2)17)16(18-3)13-8-6-5-7-12(13)15/h4-8,10H,1,9H2,2-3H3. The second-order valence-electron chi connectivity index (χ2n) is 4.16. The third-order valence-corrected chi connectivity index (χ3v) is 2.90. The highest BCUT2D eigenvalue weighted by molar-refractivity contribution is 6.06. The van der Waals surface area contributed by atoms with E-state index in [0.29, 0.717) is 23.7 Å². The fraction of sp³-hybridized carbons (Fsp3) is 0.188. The topological polar surface area (TPSA) is 35.5 Å². The lowest BCUT2D eigenvalue weighted by atomic mass is 10.0. The van der Waals surface area contributed by atoms with Gasteiger partial charge in [-0.1, -0.05) is 36.9 Å². The van der Waals surface area contributed by atoms with Crippen molar-refractivity contribution in [2.24, 2.45) is 0 Å². The van der Waals surface area contributed by atoms with E-state index in [0.717, 1.165) is 10.8 Å². The number of carbonyl (C=O) groups excluding carboxylic acids is 1. The molecule has 0 spiro atoms. The summed E-state index contributed by atoms with van der Waals surface area (Å²) in [6, 6.07) is 9.43. The third-order valence-electron chi connectivity index (χ3n) is 2.90. The number of fused-ring (bicyclic) bond motifs is 1. The van der Waals surface area contributed by atoms with Gasteiger partial charge in [-0.05, 0) is 13.0 Å². The molecule has 0 N–H and O–H groups in total. The van der Waals surface area contributed by atoms with Gasteiger partial charge in [0.05, 0.1) is 12.7 Å². The lowest BCUT2D eigenvalue weighted by molar-refractivity contribution is 0.101. The van der Waals surface area contributed by atoms with Gasteiger partial charge in [0.1, 0.15) is 18.1 Å². The summed E-state index contributed by atoms with van der Waals surface area (Å²) in [7, 11) is 1.57. The van der Waals surface area contributed by atoms with Crippen LogP contribution in [0.5, 0.6) is 11.5 Å². The van der Waals surface area contributed by atoms with Gasteiger partial charge < -0.3 is 9.47 Å². The molecule has 0 saturated heterocycles. The highest BCUT2D eigenvalue weighted by atomic mass is 16.5. The molecular formula is C16H16O3. The van der Waals surface area contributed by atoms with Crippen LogP contribution in [-0.2, 0) is 0 Å². The highest BCUT2D eigenvalue weighted by Crippen LogP contribution is 2.36. The molecule has 0 bridgehead atoms. The second kappa shape index (κ2) is 5.57. The lowest BCUT2D eigenvalue weighted by Crippen LogP contribution is -2.01. The molecule has 0 unspecified atom stereocenters. The van der Waals surface area contributed by atoms with Crippen LogP contribution in [0, 0.1) is 0 Å². The van der Waals surface area contributed by atoms with Crippen molar-refractivity contribution in [3.05, 3.63) is 48.6 Å². The van der Waals surface area contributed by atoms with Crippen molar-refractivity contribution >= 4 is 16.6 Å². The van der Waals surface area contributed by atoms with Gasteiger partial charge in [0, 0.05) is 10.8 Å². The van der Waals surface area contributed by atoms with Crippen LogP contribution in [0.2, 0.25) is 0 Å². The molecule has 0 aromatic heterocycles. The number of methoxy groups -OCH3 is 1. The first-order valence-electron chi connectivity index (χ1n) is 6.03. The van der Waals surface area contributed by atoms with Crippen molar-refractivity contribution in [3.63, 3.8) is 0 Å². The number of hydrogen-bond donors (Lipinski definition) is 0. The van der Waals surface area contributed by atoms with E-state index in [4.69, 9.17) is 9.47 Å². The van der Waals surface area contributed by atoms with Crippen LogP contribution >= 0.6 is 0 Å². The quantitative estimate of drug-likeness (QED) is 0.605. The Morgan fingerprint density at radius 3 is 2.58 bits per heavy atom. The lowest BCUT2D eigenvalue weighted by Gasteiger charge is -2.14. The number of benzene rings is 2. The molecule has 98 valence electrons. The molecule has 19 heavy (non-hydrogen) atoms. The van der Waals surface area contributed by atoms with Gasteiger partial charge in [0.25, 0.3) is 0 Å². The predicted molar refractivity (Wildman–Crippen MR) is 76.2 cm³/mol. The maximum Gasteiger partial charge on any atom is 0.163 e. The van der Waals surface area contributed by atoms with E-state index in [-0.39, 0.29) is 5.78 Å². The molecule has 0 aliphatic rings. The van der Waals surface area contributed by atoms with Crippen molar-refractivity contribution < 1.29 is 14.3 Å². The second-order valence-corrected chi connectivity index (χ2v) is 4.16. The number of ketones is 1. The average molecular weight is 256 g/mol. The summed E-state index contributed by atoms with van der Waals surface area (Å²) in [5.74, 6) is 1.21. The molecule has 0 fully saturated rings. The molecule has 0 atom stereocenters. The Labute approximate surface area is 112 Å². The van der Waals surface area contributed by atoms with Gasteiger partial charge in [-0.2, -0.15) is 0 Å². The Morgan fingerprint density at radius 2 is 2.00 bits per heavy atom. The molecule has 0 heterocycles. The van der Waals surface area contributed by atoms with E-state index < -0.39 is 0 Å². The largest absolute Gasteiger partial charge is 0.495 e. The monoisotopic (exact) mass is 256 g/mol. The van der Waals surface area contributed by atoms with Crippen molar-refractivity contribution in [2.45, 2.75) is 6.92 Å². The number of ether oxygens (including phenoxy) is 2. The smallest absolute Gasteiger partial charge is 0.163 e. The first-order valence-corrected chi connectivity index (χ1v) is 6.03. The minimum absolute atomic E-state index is 0.0499. The zero-order chi connectivity index (χ0) is 13.8. The summed E-state index contributed by atoms with van der Waals surface area (Å²) in [5.41, 5.74) is 0.528. The molecule has 0 amide bonds. The molecular weight excluding hydrogens is 240 g/mol. The number of Topliss-reactive ketones (excluding diaryl/α,β-unsaturated/α-hetero) is 1. The van der Waals surface area contributed by atoms with E-state index in [1.54, 1.807) is 19.3 Å². The predicted octanol–water partition coefficient (Wildman–Crippen LogP) is 3.62. The highest BCUT2D eigenvalue weighted by Gasteiger charge is 2.16. The van der Waals surface area contributed by atoms with Crippen LogP contribution in [0.4, 0.5) is 0 Å². The SMILES string of the molecule is C=CCOc1cc(C(C)=O)c(OC)c2ccccc12. The summed E-state index contributed by atoms with van der Waals surface area (Å²) in [5, 5.41) is 1.79. The van der Waals surface area contributed by atoms with E-state index in [2.05, 4.69) is 6.58 Å². The first-order chi connectivity index (χ1) is 9.19. The summed E-state index contributed by atoms with van der Waals surface area (Å²) in [6.07, 6.45) is 1.67. The molecule has 2 rings (SSSR count). The third kappa shape index (κ3) is 2.45. The van der Waals surface area contributed by atoms with Crippen molar-refractivity contribution in [1.29, 1.82) is 0 Å². The molecule has 2 aromatic rings.